The smallest absolute Gasteiger partial charge is 0.323 e. The summed E-state index contributed by atoms with van der Waals surface area (Å²) in [5.41, 5.74) is 0. The van der Waals surface area contributed by atoms with Crippen molar-refractivity contribution >= 4 is 12.0 Å². The number of hydrogen-bond acceptors (Lipinski definition) is 2. The number of urea groups is 1. The van der Waals surface area contributed by atoms with Gasteiger partial charge in [0.15, 0.2) is 0 Å². The zero-order valence-corrected chi connectivity index (χ0v) is 10.3. The summed E-state index contributed by atoms with van der Waals surface area (Å²) in [6.45, 7) is 5.94. The van der Waals surface area contributed by atoms with Crippen LogP contribution in [0.3, 0.4) is 0 Å². The Hall–Kier alpha value is -1.26. The molecule has 0 bridgehead atoms. The number of carboxylic acid groups (broad SMARTS) is 1. The first-order valence-corrected chi connectivity index (χ1v) is 5.78. The van der Waals surface area contributed by atoms with Gasteiger partial charge in [-0.15, -0.1) is 0 Å². The van der Waals surface area contributed by atoms with E-state index in [-0.39, 0.29) is 18.6 Å². The van der Waals surface area contributed by atoms with Crippen LogP contribution in [0.1, 0.15) is 40.0 Å². The Morgan fingerprint density at radius 2 is 2.00 bits per heavy atom. The summed E-state index contributed by atoms with van der Waals surface area (Å²) in [6, 6.07) is -0.205. The van der Waals surface area contributed by atoms with Crippen molar-refractivity contribution in [3.8, 4) is 0 Å². The molecule has 94 valence electrons. The fourth-order valence-corrected chi connectivity index (χ4v) is 1.38. The molecule has 1 unspecified atom stereocenters. The lowest BCUT2D eigenvalue weighted by Crippen LogP contribution is -2.45. The number of unbranched alkanes of at least 4 members (excludes halogenated alkanes) is 1. The van der Waals surface area contributed by atoms with Crippen LogP contribution >= 0.6 is 0 Å². The largest absolute Gasteiger partial charge is 0.480 e. The average molecular weight is 230 g/mol. The first kappa shape index (κ1) is 14.7. The second-order valence-electron chi connectivity index (χ2n) is 3.90. The molecule has 0 aromatic carbocycles. The number of amides is 2. The summed E-state index contributed by atoms with van der Waals surface area (Å²) in [6.07, 6.45) is 3.08. The van der Waals surface area contributed by atoms with Crippen molar-refractivity contribution in [1.29, 1.82) is 0 Å². The quantitative estimate of drug-likeness (QED) is 0.699. The third kappa shape index (κ3) is 6.27. The maximum atomic E-state index is 11.6. The summed E-state index contributed by atoms with van der Waals surface area (Å²) in [5.74, 6) is -0.988. The number of likely N-dealkylation sites (N-methyl/N-ethyl adjacent to an activating group) is 1. The van der Waals surface area contributed by atoms with Crippen LogP contribution in [0.5, 0.6) is 0 Å². The van der Waals surface area contributed by atoms with Gasteiger partial charge >= 0.3 is 12.0 Å². The summed E-state index contributed by atoms with van der Waals surface area (Å²) in [7, 11) is 0. The van der Waals surface area contributed by atoms with E-state index in [4.69, 9.17) is 5.11 Å². The van der Waals surface area contributed by atoms with Gasteiger partial charge in [-0.2, -0.15) is 0 Å². The van der Waals surface area contributed by atoms with E-state index < -0.39 is 5.97 Å². The Labute approximate surface area is 96.8 Å². The maximum Gasteiger partial charge on any atom is 0.323 e. The van der Waals surface area contributed by atoms with Crippen LogP contribution in [0.15, 0.2) is 0 Å². The Morgan fingerprint density at radius 3 is 2.44 bits per heavy atom. The summed E-state index contributed by atoms with van der Waals surface area (Å²) >= 11 is 0. The van der Waals surface area contributed by atoms with E-state index in [9.17, 15) is 9.59 Å². The molecule has 0 aliphatic heterocycles. The van der Waals surface area contributed by atoms with E-state index in [0.29, 0.717) is 6.54 Å². The van der Waals surface area contributed by atoms with Crippen molar-refractivity contribution in [2.75, 3.05) is 13.1 Å². The van der Waals surface area contributed by atoms with Crippen molar-refractivity contribution in [2.45, 2.75) is 46.1 Å². The number of carbonyl (C=O) groups is 2. The van der Waals surface area contributed by atoms with Crippen LogP contribution in [-0.2, 0) is 4.79 Å². The monoisotopic (exact) mass is 230 g/mol. The predicted molar refractivity (Wildman–Crippen MR) is 62.4 cm³/mol. The van der Waals surface area contributed by atoms with Crippen molar-refractivity contribution in [1.82, 2.24) is 10.2 Å². The van der Waals surface area contributed by atoms with E-state index in [1.54, 1.807) is 6.92 Å². The average Bonchev–Trinajstić information content (AvgIpc) is 2.22. The number of carbonyl (C=O) groups excluding carboxylic acids is 1. The zero-order chi connectivity index (χ0) is 12.6. The molecule has 5 heteroatoms. The van der Waals surface area contributed by atoms with Gasteiger partial charge in [0.05, 0.1) is 0 Å². The van der Waals surface area contributed by atoms with E-state index in [1.165, 1.54) is 4.90 Å². The molecule has 0 radical (unpaired) electrons. The minimum atomic E-state index is -0.988. The van der Waals surface area contributed by atoms with Crippen LogP contribution in [0, 0.1) is 0 Å². The molecule has 2 N–H and O–H groups in total. The predicted octanol–water partition coefficient (Wildman–Crippen LogP) is 1.68. The Bertz CT molecular complexity index is 231. The highest BCUT2D eigenvalue weighted by atomic mass is 16.4. The third-order valence-electron chi connectivity index (χ3n) is 2.36. The molecule has 0 aliphatic carbocycles. The Balaban J connectivity index is 4.04. The molecule has 1 atom stereocenters. The van der Waals surface area contributed by atoms with Crippen molar-refractivity contribution in [3.63, 3.8) is 0 Å². The van der Waals surface area contributed by atoms with Crippen molar-refractivity contribution in [2.24, 2.45) is 0 Å². The molecule has 0 saturated heterocycles. The number of carboxylic acids is 1. The highest BCUT2D eigenvalue weighted by Crippen LogP contribution is 2.00. The molecule has 0 rings (SSSR count). The minimum absolute atomic E-state index is 0.0929. The molecule has 0 spiro atoms. The van der Waals surface area contributed by atoms with E-state index >= 15 is 0 Å². The van der Waals surface area contributed by atoms with Crippen LogP contribution < -0.4 is 5.32 Å². The lowest BCUT2D eigenvalue weighted by Gasteiger charge is -2.22. The van der Waals surface area contributed by atoms with E-state index in [1.807, 2.05) is 6.92 Å². The molecular weight excluding hydrogens is 208 g/mol. The van der Waals surface area contributed by atoms with Crippen molar-refractivity contribution < 1.29 is 14.7 Å². The molecule has 0 aromatic rings. The zero-order valence-electron chi connectivity index (χ0n) is 10.3. The van der Waals surface area contributed by atoms with Gasteiger partial charge < -0.3 is 15.3 Å². The lowest BCUT2D eigenvalue weighted by atomic mass is 10.1. The van der Waals surface area contributed by atoms with Gasteiger partial charge in [0.2, 0.25) is 0 Å². The Kier molecular flexibility index (Phi) is 7.33. The standard InChI is InChI=1S/C11H22N2O3/c1-4-6-7-9(3)12-11(16)13(5-2)8-10(14)15/h9H,4-8H2,1-3H3,(H,12,16)(H,14,15). The first-order valence-electron chi connectivity index (χ1n) is 5.78. The van der Waals surface area contributed by atoms with Crippen LogP contribution in [0.2, 0.25) is 0 Å². The molecule has 5 nitrogen and oxygen atoms in total. The highest BCUT2D eigenvalue weighted by Gasteiger charge is 2.16. The van der Waals surface area contributed by atoms with Crippen LogP contribution in [0.25, 0.3) is 0 Å². The third-order valence-corrected chi connectivity index (χ3v) is 2.36. The highest BCUT2D eigenvalue weighted by molar-refractivity contribution is 5.80. The Morgan fingerprint density at radius 1 is 1.38 bits per heavy atom. The molecule has 0 fully saturated rings. The maximum absolute atomic E-state index is 11.6. The van der Waals surface area contributed by atoms with Gasteiger partial charge in [0.1, 0.15) is 6.54 Å². The van der Waals surface area contributed by atoms with Gasteiger partial charge in [-0.3, -0.25) is 4.79 Å². The fraction of sp³-hybridized carbons (Fsp3) is 0.818. The normalized spacial score (nSPS) is 11.9. The summed E-state index contributed by atoms with van der Waals surface area (Å²) in [5, 5.41) is 11.4. The molecule has 0 aromatic heterocycles. The minimum Gasteiger partial charge on any atom is -0.480 e. The fourth-order valence-electron chi connectivity index (χ4n) is 1.38. The lowest BCUT2D eigenvalue weighted by molar-refractivity contribution is -0.137. The van der Waals surface area contributed by atoms with Gasteiger partial charge in [-0.05, 0) is 20.3 Å². The molecule has 0 saturated carbocycles. The van der Waals surface area contributed by atoms with Crippen LogP contribution in [-0.4, -0.2) is 41.1 Å². The van der Waals surface area contributed by atoms with Gasteiger partial charge in [0.25, 0.3) is 0 Å². The summed E-state index contributed by atoms with van der Waals surface area (Å²) in [4.78, 5) is 23.4. The second kappa shape index (κ2) is 7.96. The number of nitrogens with zero attached hydrogens (tertiary/aromatic N) is 1. The van der Waals surface area contributed by atoms with Gasteiger partial charge in [0, 0.05) is 12.6 Å². The number of aliphatic carboxylic acids is 1. The topological polar surface area (TPSA) is 69.6 Å². The van der Waals surface area contributed by atoms with E-state index in [0.717, 1.165) is 19.3 Å². The second-order valence-corrected chi connectivity index (χ2v) is 3.90. The first-order chi connectivity index (χ1) is 7.51. The molecule has 0 aliphatic rings. The van der Waals surface area contributed by atoms with Crippen LogP contribution in [0.4, 0.5) is 4.79 Å². The van der Waals surface area contributed by atoms with E-state index in [2.05, 4.69) is 12.2 Å². The number of rotatable bonds is 7. The summed E-state index contributed by atoms with van der Waals surface area (Å²) < 4.78 is 0. The number of hydrogen-bond donors (Lipinski definition) is 2. The van der Waals surface area contributed by atoms with Gasteiger partial charge in [-0.25, -0.2) is 4.79 Å². The molecular formula is C11H22N2O3. The molecule has 2 amide bonds. The van der Waals surface area contributed by atoms with Crippen molar-refractivity contribution in [3.05, 3.63) is 0 Å². The SMILES string of the molecule is CCCCC(C)NC(=O)N(CC)CC(=O)O. The van der Waals surface area contributed by atoms with Gasteiger partial charge in [-0.1, -0.05) is 19.8 Å². The molecule has 0 heterocycles. The number of nitrogens with one attached hydrogen (secondary N) is 1. The molecule has 16 heavy (non-hydrogen) atoms.